The molecule has 4 rings (SSSR count). The number of alkyl halides is 1. The Kier molecular flexibility index (Phi) is 4.10. The number of hydrogen-bond acceptors (Lipinski definition) is 5. The van der Waals surface area contributed by atoms with Gasteiger partial charge in [0.2, 0.25) is 5.91 Å². The number of hydrogen-bond donors (Lipinski definition) is 1. The van der Waals surface area contributed by atoms with Crippen molar-refractivity contribution in [3.05, 3.63) is 42.0 Å². The van der Waals surface area contributed by atoms with Gasteiger partial charge in [0.15, 0.2) is 6.29 Å². The fourth-order valence-corrected chi connectivity index (χ4v) is 2.88. The minimum Gasteiger partial charge on any atom is -0.455 e. The van der Waals surface area contributed by atoms with E-state index in [1.165, 1.54) is 6.20 Å². The van der Waals surface area contributed by atoms with Crippen molar-refractivity contribution in [2.75, 3.05) is 5.32 Å². The smallest absolute Gasteiger partial charge is 0.230 e. The van der Waals surface area contributed by atoms with Gasteiger partial charge in [0.1, 0.15) is 28.9 Å². The first-order valence-electron chi connectivity index (χ1n) is 8.46. The van der Waals surface area contributed by atoms with Gasteiger partial charge in [0.05, 0.1) is 29.6 Å². The zero-order valence-corrected chi connectivity index (χ0v) is 14.8. The highest BCUT2D eigenvalue weighted by molar-refractivity contribution is 6.02. The molecule has 2 atom stereocenters. The third-order valence-corrected chi connectivity index (χ3v) is 4.54. The lowest BCUT2D eigenvalue weighted by molar-refractivity contribution is -0.117. The molecule has 1 aliphatic rings. The number of carbonyl (C=O) groups excluding carboxylic acids is 2. The van der Waals surface area contributed by atoms with E-state index in [0.29, 0.717) is 34.7 Å². The van der Waals surface area contributed by atoms with E-state index in [1.54, 1.807) is 29.1 Å². The highest BCUT2D eigenvalue weighted by Crippen LogP contribution is 2.37. The van der Waals surface area contributed by atoms with E-state index in [0.717, 1.165) is 11.1 Å². The highest BCUT2D eigenvalue weighted by Gasteiger charge is 2.43. The van der Waals surface area contributed by atoms with Crippen LogP contribution in [0.5, 0.6) is 11.5 Å². The molecule has 8 heteroatoms. The first-order valence-corrected chi connectivity index (χ1v) is 8.46. The van der Waals surface area contributed by atoms with Crippen molar-refractivity contribution in [3.63, 3.8) is 0 Å². The molecule has 0 bridgehead atoms. The Hall–Kier alpha value is -3.29. The van der Waals surface area contributed by atoms with Crippen LogP contribution in [0, 0.1) is 12.8 Å². The Labute approximate surface area is 154 Å². The quantitative estimate of drug-likeness (QED) is 0.699. The normalized spacial score (nSPS) is 18.3. The molecule has 2 aromatic heterocycles. The van der Waals surface area contributed by atoms with Gasteiger partial charge < -0.3 is 14.6 Å². The molecular weight excluding hydrogens is 351 g/mol. The van der Waals surface area contributed by atoms with Gasteiger partial charge in [0.25, 0.3) is 0 Å². The van der Waals surface area contributed by atoms with E-state index in [9.17, 15) is 14.0 Å². The van der Waals surface area contributed by atoms with Gasteiger partial charge in [-0.05, 0) is 25.0 Å². The molecule has 138 valence electrons. The molecule has 1 fully saturated rings. The van der Waals surface area contributed by atoms with Crippen LogP contribution in [-0.2, 0) is 11.8 Å². The summed E-state index contributed by atoms with van der Waals surface area (Å²) in [5, 5.41) is 2.75. The summed E-state index contributed by atoms with van der Waals surface area (Å²) in [6, 6.07) is 5.07. The van der Waals surface area contributed by atoms with Crippen LogP contribution in [0.4, 0.5) is 10.1 Å². The van der Waals surface area contributed by atoms with Crippen LogP contribution < -0.4 is 10.1 Å². The number of aromatic nitrogens is 3. The van der Waals surface area contributed by atoms with E-state index in [4.69, 9.17) is 4.74 Å². The maximum atomic E-state index is 13.2. The lowest BCUT2D eigenvalue weighted by atomic mass is 10.2. The van der Waals surface area contributed by atoms with E-state index in [-0.39, 0.29) is 12.3 Å². The lowest BCUT2D eigenvalue weighted by Crippen LogP contribution is -2.15. The Balaban J connectivity index is 1.69. The molecule has 2 unspecified atom stereocenters. The molecule has 1 N–H and O–H groups in total. The van der Waals surface area contributed by atoms with Crippen molar-refractivity contribution in [3.8, 4) is 11.5 Å². The van der Waals surface area contributed by atoms with E-state index in [2.05, 4.69) is 15.3 Å². The van der Waals surface area contributed by atoms with Gasteiger partial charge in [-0.25, -0.2) is 14.4 Å². The van der Waals surface area contributed by atoms with Crippen LogP contribution in [0.15, 0.2) is 30.7 Å². The second kappa shape index (κ2) is 6.46. The second-order valence-electron chi connectivity index (χ2n) is 6.64. The number of fused-ring (bicyclic) bond motifs is 1. The summed E-state index contributed by atoms with van der Waals surface area (Å²) in [5.41, 5.74) is 2.88. The topological polar surface area (TPSA) is 86.1 Å². The minimum absolute atomic E-state index is 0.251. The van der Waals surface area contributed by atoms with Crippen LogP contribution in [0.1, 0.15) is 22.5 Å². The van der Waals surface area contributed by atoms with Gasteiger partial charge in [0, 0.05) is 19.2 Å². The molecule has 1 aromatic carbocycles. The summed E-state index contributed by atoms with van der Waals surface area (Å²) in [7, 11) is 1.83. The van der Waals surface area contributed by atoms with E-state index in [1.807, 2.05) is 14.0 Å². The van der Waals surface area contributed by atoms with Gasteiger partial charge in [-0.15, -0.1) is 0 Å². The van der Waals surface area contributed by atoms with Crippen molar-refractivity contribution >= 4 is 28.9 Å². The number of amides is 1. The Bertz CT molecular complexity index is 1060. The average molecular weight is 368 g/mol. The summed E-state index contributed by atoms with van der Waals surface area (Å²) in [4.78, 5) is 31.3. The van der Waals surface area contributed by atoms with Gasteiger partial charge >= 0.3 is 0 Å². The number of rotatable bonds is 5. The van der Waals surface area contributed by atoms with Gasteiger partial charge in [-0.3, -0.25) is 9.59 Å². The number of aldehydes is 1. The maximum absolute atomic E-state index is 13.2. The molecular formula is C19H17FN4O3. The van der Waals surface area contributed by atoms with Crippen molar-refractivity contribution < 1.29 is 18.7 Å². The van der Waals surface area contributed by atoms with Crippen molar-refractivity contribution in [1.29, 1.82) is 0 Å². The number of pyridine rings is 1. The molecule has 0 saturated heterocycles. The minimum atomic E-state index is -1.08. The SMILES string of the molecule is Cc1cc(C=O)ncc1Oc1cc(NC(=O)C2CC2F)c2ncn(C)c2c1. The predicted octanol–water partition coefficient (Wildman–Crippen LogP) is 3.18. The largest absolute Gasteiger partial charge is 0.455 e. The summed E-state index contributed by atoms with van der Waals surface area (Å²) in [5.74, 6) is -0.00129. The number of nitrogens with one attached hydrogen (secondary N) is 1. The fraction of sp³-hybridized carbons (Fsp3) is 0.263. The fourth-order valence-electron chi connectivity index (χ4n) is 2.88. The van der Waals surface area contributed by atoms with Crippen LogP contribution in [-0.4, -0.2) is 32.9 Å². The van der Waals surface area contributed by atoms with E-state index < -0.39 is 12.1 Å². The van der Waals surface area contributed by atoms with Gasteiger partial charge in [-0.2, -0.15) is 0 Å². The number of halogens is 1. The molecule has 1 saturated carbocycles. The van der Waals surface area contributed by atoms with Crippen molar-refractivity contribution in [2.45, 2.75) is 19.5 Å². The number of ether oxygens (including phenoxy) is 1. The molecule has 0 spiro atoms. The summed E-state index contributed by atoms with van der Waals surface area (Å²) >= 11 is 0. The number of imidazole rings is 1. The number of benzene rings is 1. The summed E-state index contributed by atoms with van der Waals surface area (Å²) < 4.78 is 20.9. The standard InChI is InChI=1S/C19H17FN4O3/c1-10-3-11(8-25)21-7-17(10)27-12-4-15(23-19(26)13-6-14(13)20)18-16(5-12)24(2)9-22-18/h3-5,7-9,13-14H,6H2,1-2H3,(H,23,26). The summed E-state index contributed by atoms with van der Waals surface area (Å²) in [6.45, 7) is 1.81. The monoisotopic (exact) mass is 368 g/mol. The maximum Gasteiger partial charge on any atom is 0.230 e. The number of carbonyl (C=O) groups is 2. The molecule has 1 amide bonds. The Morgan fingerprint density at radius 2 is 2.15 bits per heavy atom. The first kappa shape index (κ1) is 17.1. The Morgan fingerprint density at radius 3 is 2.81 bits per heavy atom. The molecule has 1 aliphatic carbocycles. The molecule has 7 nitrogen and oxygen atoms in total. The highest BCUT2D eigenvalue weighted by atomic mass is 19.1. The van der Waals surface area contributed by atoms with Crippen LogP contribution in [0.2, 0.25) is 0 Å². The molecule has 0 radical (unpaired) electrons. The molecule has 0 aliphatic heterocycles. The van der Waals surface area contributed by atoms with E-state index >= 15 is 0 Å². The number of nitrogens with zero attached hydrogens (tertiary/aromatic N) is 3. The zero-order chi connectivity index (χ0) is 19.1. The predicted molar refractivity (Wildman–Crippen MR) is 96.8 cm³/mol. The zero-order valence-electron chi connectivity index (χ0n) is 14.8. The van der Waals surface area contributed by atoms with Crippen molar-refractivity contribution in [1.82, 2.24) is 14.5 Å². The van der Waals surface area contributed by atoms with Crippen LogP contribution in [0.3, 0.4) is 0 Å². The average Bonchev–Trinajstić information content (AvgIpc) is 3.27. The third kappa shape index (κ3) is 3.25. The molecule has 3 aromatic rings. The Morgan fingerprint density at radius 1 is 1.37 bits per heavy atom. The second-order valence-corrected chi connectivity index (χ2v) is 6.64. The molecule has 2 heterocycles. The third-order valence-electron chi connectivity index (χ3n) is 4.54. The number of anilines is 1. The molecule has 27 heavy (non-hydrogen) atoms. The number of aryl methyl sites for hydroxylation is 2. The van der Waals surface area contributed by atoms with Crippen molar-refractivity contribution in [2.24, 2.45) is 13.0 Å². The summed E-state index contributed by atoms with van der Waals surface area (Å²) in [6.07, 6.45) is 2.95. The van der Waals surface area contributed by atoms with Crippen LogP contribution in [0.25, 0.3) is 11.0 Å². The first-order chi connectivity index (χ1) is 13.0. The van der Waals surface area contributed by atoms with Gasteiger partial charge in [-0.1, -0.05) is 0 Å². The van der Waals surface area contributed by atoms with Crippen LogP contribution >= 0.6 is 0 Å². The lowest BCUT2D eigenvalue weighted by Gasteiger charge is -2.12.